The van der Waals surface area contributed by atoms with E-state index in [-0.39, 0.29) is 7.55 Å². The van der Waals surface area contributed by atoms with Crippen molar-refractivity contribution in [2.45, 2.75) is 25.0 Å². The summed E-state index contributed by atoms with van der Waals surface area (Å²) in [5, 5.41) is 5.23. The first kappa shape index (κ1) is 25.9. The van der Waals surface area contributed by atoms with Gasteiger partial charge in [-0.05, 0) is 35.4 Å². The Morgan fingerprint density at radius 2 is 0.927 bits per heavy atom. The highest BCUT2D eigenvalue weighted by Crippen LogP contribution is 2.30. The van der Waals surface area contributed by atoms with Crippen molar-refractivity contribution in [3.63, 3.8) is 0 Å². The fraction of sp³-hybridized carbons (Fsp3) is 0.118. The van der Waals surface area contributed by atoms with Gasteiger partial charge in [-0.1, -0.05) is 96.5 Å². The van der Waals surface area contributed by atoms with Crippen LogP contribution in [0.2, 0.25) is 0 Å². The third kappa shape index (κ3) is 5.95. The number of rotatable bonds is 4. The Kier molecular flexibility index (Phi) is 7.43. The maximum absolute atomic E-state index is 12.8. The summed E-state index contributed by atoms with van der Waals surface area (Å²) in [6.45, 7) is 0. The largest absolute Gasteiger partial charge is 0.442 e. The van der Waals surface area contributed by atoms with Crippen molar-refractivity contribution in [3.05, 3.63) is 142 Å². The fourth-order valence-corrected chi connectivity index (χ4v) is 5.05. The molecule has 0 saturated carbocycles. The van der Waals surface area contributed by atoms with Crippen LogP contribution in [0.3, 0.4) is 0 Å². The number of carbonyl (C=O) groups is 2. The van der Waals surface area contributed by atoms with Gasteiger partial charge in [-0.15, -0.1) is 0 Å². The molecule has 0 fully saturated rings. The van der Waals surface area contributed by atoms with Gasteiger partial charge in [0, 0.05) is 46.2 Å². The third-order valence-corrected chi connectivity index (χ3v) is 7.09. The van der Waals surface area contributed by atoms with E-state index in [2.05, 4.69) is 34.1 Å². The minimum atomic E-state index is -0.656. The molecular formula is C34H25BN2O4. The van der Waals surface area contributed by atoms with Crippen LogP contribution in [0.1, 0.15) is 56.7 Å². The predicted molar refractivity (Wildman–Crippen MR) is 157 cm³/mol. The molecule has 0 aliphatic heterocycles. The Morgan fingerprint density at radius 3 is 1.39 bits per heavy atom. The van der Waals surface area contributed by atoms with Crippen molar-refractivity contribution < 1.29 is 19.1 Å². The first-order chi connectivity index (χ1) is 20.1. The number of carbonyl (C=O) groups excluding carboxylic acids is 2. The van der Waals surface area contributed by atoms with Crippen molar-refractivity contribution in [2.75, 3.05) is 0 Å². The molecule has 0 bridgehead atoms. The Labute approximate surface area is 239 Å². The first-order valence-corrected chi connectivity index (χ1v) is 13.4. The summed E-state index contributed by atoms with van der Waals surface area (Å²) in [6, 6.07) is 31.0. The predicted octanol–water partition coefficient (Wildman–Crippen LogP) is 5.10. The summed E-state index contributed by atoms with van der Waals surface area (Å²) < 4.78 is 11.7. The van der Waals surface area contributed by atoms with Gasteiger partial charge in [-0.2, -0.15) is 0 Å². The van der Waals surface area contributed by atoms with Crippen LogP contribution in [0.4, 0.5) is 9.59 Å². The minimum absolute atomic E-state index is 0.160. The van der Waals surface area contributed by atoms with Crippen molar-refractivity contribution in [1.82, 2.24) is 10.5 Å². The lowest BCUT2D eigenvalue weighted by atomic mass is 9.92. The van der Waals surface area contributed by atoms with Gasteiger partial charge in [0.1, 0.15) is 12.2 Å². The quantitative estimate of drug-likeness (QED) is 0.281. The third-order valence-electron chi connectivity index (χ3n) is 7.09. The van der Waals surface area contributed by atoms with Gasteiger partial charge < -0.3 is 19.9 Å². The van der Waals surface area contributed by atoms with Crippen LogP contribution in [-0.4, -0.2) is 19.7 Å². The van der Waals surface area contributed by atoms with Gasteiger partial charge >= 0.3 is 19.7 Å². The van der Waals surface area contributed by atoms with E-state index < -0.39 is 24.4 Å². The Morgan fingerprint density at radius 1 is 0.561 bits per heavy atom. The van der Waals surface area contributed by atoms with Crippen molar-refractivity contribution in [3.8, 4) is 23.7 Å². The summed E-state index contributed by atoms with van der Waals surface area (Å²) in [5.41, 5.74) is 7.11. The number of ether oxygens (including phenoxy) is 2. The average molecular weight is 536 g/mol. The molecule has 4 aromatic rings. The van der Waals surface area contributed by atoms with Crippen LogP contribution in [0.25, 0.3) is 0 Å². The first-order valence-electron chi connectivity index (χ1n) is 13.4. The second-order valence-corrected chi connectivity index (χ2v) is 9.72. The molecule has 0 heterocycles. The molecule has 41 heavy (non-hydrogen) atoms. The molecule has 2 atom stereocenters. The Balaban J connectivity index is 1.10. The van der Waals surface area contributed by atoms with Gasteiger partial charge in [0.25, 0.3) is 0 Å². The summed E-state index contributed by atoms with van der Waals surface area (Å²) in [4.78, 5) is 25.6. The summed E-state index contributed by atoms with van der Waals surface area (Å²) in [6.07, 6.45) is -1.43. The summed E-state index contributed by atoms with van der Waals surface area (Å²) in [5.74, 6) is 12.8. The summed E-state index contributed by atoms with van der Waals surface area (Å²) >= 11 is 0. The maximum Gasteiger partial charge on any atom is 0.396 e. The number of hydrogen-bond donors (Lipinski definition) is 2. The monoisotopic (exact) mass is 536 g/mol. The second kappa shape index (κ2) is 11.8. The van der Waals surface area contributed by atoms with Crippen LogP contribution in [-0.2, 0) is 22.3 Å². The SMILES string of the molecule is O=C(NBNC(=O)OC1Cc2ccccc2C#Cc2ccccc21)OC1Cc2ccccc2C#Cc2ccccc21. The van der Waals surface area contributed by atoms with Crippen molar-refractivity contribution in [2.24, 2.45) is 0 Å². The normalized spacial score (nSPS) is 15.8. The lowest BCUT2D eigenvalue weighted by Gasteiger charge is -2.23. The van der Waals surface area contributed by atoms with E-state index in [1.807, 2.05) is 97.1 Å². The molecule has 2 amide bonds. The Bertz CT molecular complexity index is 1630. The zero-order chi connectivity index (χ0) is 28.0. The number of fused-ring (bicyclic) bond motifs is 4. The van der Waals surface area contributed by atoms with Crippen LogP contribution in [0.5, 0.6) is 0 Å². The smallest absolute Gasteiger partial charge is 0.396 e. The van der Waals surface area contributed by atoms with E-state index in [1.165, 1.54) is 0 Å². The van der Waals surface area contributed by atoms with Crippen LogP contribution in [0.15, 0.2) is 97.1 Å². The molecule has 2 unspecified atom stereocenters. The Hall–Kier alpha value is -5.40. The highest BCUT2D eigenvalue weighted by atomic mass is 16.6. The molecule has 4 aromatic carbocycles. The molecule has 2 aliphatic rings. The van der Waals surface area contributed by atoms with Crippen LogP contribution in [0, 0.1) is 23.7 Å². The number of hydrogen-bond acceptors (Lipinski definition) is 4. The van der Waals surface area contributed by atoms with E-state index >= 15 is 0 Å². The standard InChI is InChI=1S/C34H25BN2O4/c38-33(40-31-21-27-13-3-1-9-23(27)17-19-25-11-5-7-15-29(25)31)36-35-37-34(39)41-32-22-28-14-4-2-10-24(28)18-20-26-12-6-8-16-30(26)32/h1-16,31-32,35H,21-22H2,(H,36,38)(H,37,39). The maximum atomic E-state index is 12.8. The van der Waals surface area contributed by atoms with E-state index in [0.29, 0.717) is 12.8 Å². The fourth-order valence-electron chi connectivity index (χ4n) is 5.05. The number of nitrogens with one attached hydrogen (secondary N) is 2. The molecule has 7 heteroatoms. The van der Waals surface area contributed by atoms with E-state index in [1.54, 1.807) is 0 Å². The number of benzene rings is 4. The molecule has 2 aliphatic carbocycles. The lowest BCUT2D eigenvalue weighted by molar-refractivity contribution is 0.100. The zero-order valence-electron chi connectivity index (χ0n) is 22.1. The van der Waals surface area contributed by atoms with E-state index in [4.69, 9.17) is 9.47 Å². The highest BCUT2D eigenvalue weighted by molar-refractivity contribution is 6.37. The summed E-state index contributed by atoms with van der Waals surface area (Å²) in [7, 11) is -0.160. The molecule has 0 aromatic heterocycles. The molecule has 0 spiro atoms. The van der Waals surface area contributed by atoms with Crippen molar-refractivity contribution >= 4 is 19.7 Å². The number of amides is 2. The van der Waals surface area contributed by atoms with E-state index in [0.717, 1.165) is 44.5 Å². The van der Waals surface area contributed by atoms with Crippen LogP contribution < -0.4 is 10.5 Å². The van der Waals surface area contributed by atoms with Gasteiger partial charge in [0.05, 0.1) is 0 Å². The van der Waals surface area contributed by atoms with E-state index in [9.17, 15) is 9.59 Å². The molecule has 6 rings (SSSR count). The molecule has 6 nitrogen and oxygen atoms in total. The van der Waals surface area contributed by atoms with Crippen LogP contribution >= 0.6 is 0 Å². The molecule has 0 radical (unpaired) electrons. The molecule has 0 saturated heterocycles. The molecule has 2 N–H and O–H groups in total. The van der Waals surface area contributed by atoms with Crippen molar-refractivity contribution in [1.29, 1.82) is 0 Å². The van der Waals surface area contributed by atoms with Gasteiger partial charge in [0.2, 0.25) is 0 Å². The lowest BCUT2D eigenvalue weighted by Crippen LogP contribution is -2.42. The zero-order valence-corrected chi connectivity index (χ0v) is 22.1. The highest BCUT2D eigenvalue weighted by Gasteiger charge is 2.24. The molecular weight excluding hydrogens is 511 g/mol. The average Bonchev–Trinajstić information content (AvgIpc) is 2.98. The minimum Gasteiger partial charge on any atom is -0.442 e. The van der Waals surface area contributed by atoms with Gasteiger partial charge in [0.15, 0.2) is 0 Å². The second-order valence-electron chi connectivity index (χ2n) is 9.72. The topological polar surface area (TPSA) is 76.7 Å². The van der Waals surface area contributed by atoms with Gasteiger partial charge in [-0.25, -0.2) is 9.59 Å². The molecule has 198 valence electrons. The van der Waals surface area contributed by atoms with Gasteiger partial charge in [-0.3, -0.25) is 0 Å².